The Morgan fingerprint density at radius 2 is 2.11 bits per heavy atom. The van der Waals surface area contributed by atoms with E-state index in [0.29, 0.717) is 10.9 Å². The van der Waals surface area contributed by atoms with Crippen molar-refractivity contribution < 1.29 is 14.4 Å². The molecular weight excluding hydrogens is 355 g/mol. The van der Waals surface area contributed by atoms with Gasteiger partial charge in [-0.25, -0.2) is 4.79 Å². The summed E-state index contributed by atoms with van der Waals surface area (Å²) in [7, 11) is 5.74. The molecule has 1 heterocycles. The molecule has 0 aliphatic rings. The maximum absolute atomic E-state index is 11.4. The number of carboxylic acids is 1. The Balaban J connectivity index is 2.40. The van der Waals surface area contributed by atoms with Gasteiger partial charge in [0.05, 0.1) is 26.7 Å². The lowest BCUT2D eigenvalue weighted by Gasteiger charge is -2.31. The quantitative estimate of drug-likeness (QED) is 0.639. The van der Waals surface area contributed by atoms with Crippen molar-refractivity contribution in [3.8, 4) is 0 Å². The van der Waals surface area contributed by atoms with Crippen molar-refractivity contribution in [3.63, 3.8) is 0 Å². The smallest absolute Gasteiger partial charge is 0.362 e. The molecule has 1 atom stereocenters. The fourth-order valence-corrected chi connectivity index (χ4v) is 2.90. The van der Waals surface area contributed by atoms with E-state index in [0.717, 1.165) is 20.0 Å². The number of nitrogens with one attached hydrogen (secondary N) is 1. The number of quaternary nitrogens is 1. The molecule has 0 spiro atoms. The summed E-state index contributed by atoms with van der Waals surface area (Å²) in [6, 6.07) is 5.63. The molecule has 1 aromatic carbocycles. The van der Waals surface area contributed by atoms with Crippen LogP contribution in [0.15, 0.2) is 24.4 Å². The Morgan fingerprint density at radius 3 is 2.68 bits per heavy atom. The van der Waals surface area contributed by atoms with Gasteiger partial charge in [0.15, 0.2) is 6.04 Å². The standard InChI is InChI=1S/C14H17IN2O2/c1-17(2,3)12(14(18)19)7-9-8-16-13-10(9)5-4-6-11(13)15/h4-6,8,12,16H,7H2,1-3H3/p+1/t12-/m0/s1. The van der Waals surface area contributed by atoms with Gasteiger partial charge in [-0.1, -0.05) is 12.1 Å². The number of halogens is 1. The molecule has 0 radical (unpaired) electrons. The van der Waals surface area contributed by atoms with Crippen LogP contribution >= 0.6 is 22.6 Å². The fraction of sp³-hybridized carbons (Fsp3) is 0.357. The predicted molar refractivity (Wildman–Crippen MR) is 84.2 cm³/mol. The molecule has 2 N–H and O–H groups in total. The number of carbonyl (C=O) groups is 1. The normalized spacial score (nSPS) is 13.7. The Hall–Kier alpha value is -1.08. The SMILES string of the molecule is C[N+](C)(C)[C@@H](Cc1c[nH]c2c(I)cccc12)C(=O)O. The van der Waals surface area contributed by atoms with Crippen LogP contribution in [0.3, 0.4) is 0 Å². The third-order valence-electron chi connectivity index (χ3n) is 3.38. The molecule has 1 aromatic heterocycles. The van der Waals surface area contributed by atoms with Crippen molar-refractivity contribution in [1.29, 1.82) is 0 Å². The molecule has 19 heavy (non-hydrogen) atoms. The number of benzene rings is 1. The summed E-state index contributed by atoms with van der Waals surface area (Å²) in [6.07, 6.45) is 2.46. The molecule has 0 saturated carbocycles. The first-order chi connectivity index (χ1) is 8.80. The zero-order valence-corrected chi connectivity index (χ0v) is 13.4. The summed E-state index contributed by atoms with van der Waals surface area (Å²) in [6.45, 7) is 0. The van der Waals surface area contributed by atoms with E-state index in [4.69, 9.17) is 0 Å². The summed E-state index contributed by atoms with van der Waals surface area (Å²) in [5.74, 6) is -0.757. The molecule has 5 heteroatoms. The molecule has 0 saturated heterocycles. The van der Waals surface area contributed by atoms with E-state index in [1.807, 2.05) is 45.5 Å². The van der Waals surface area contributed by atoms with Crippen LogP contribution in [0.25, 0.3) is 10.9 Å². The number of para-hydroxylation sites is 1. The molecular formula is C14H18IN2O2+. The lowest BCUT2D eigenvalue weighted by molar-refractivity contribution is -0.887. The Morgan fingerprint density at radius 1 is 1.42 bits per heavy atom. The highest BCUT2D eigenvalue weighted by molar-refractivity contribution is 14.1. The predicted octanol–water partition coefficient (Wildman–Crippen LogP) is 2.47. The first kappa shape index (κ1) is 14.3. The van der Waals surface area contributed by atoms with E-state index in [1.54, 1.807) is 0 Å². The van der Waals surface area contributed by atoms with Gasteiger partial charge in [0.2, 0.25) is 0 Å². The summed E-state index contributed by atoms with van der Waals surface area (Å²) in [5, 5.41) is 10.5. The van der Waals surface area contributed by atoms with Gasteiger partial charge in [0, 0.05) is 21.6 Å². The zero-order valence-electron chi connectivity index (χ0n) is 11.3. The van der Waals surface area contributed by atoms with Gasteiger partial charge in [-0.15, -0.1) is 0 Å². The maximum atomic E-state index is 11.4. The molecule has 0 aliphatic carbocycles. The average Bonchev–Trinajstić information content (AvgIpc) is 2.68. The van der Waals surface area contributed by atoms with Crippen LogP contribution in [0, 0.1) is 3.57 Å². The van der Waals surface area contributed by atoms with Crippen molar-refractivity contribution >= 4 is 39.5 Å². The average molecular weight is 373 g/mol. The highest BCUT2D eigenvalue weighted by atomic mass is 127. The van der Waals surface area contributed by atoms with Crippen LogP contribution in [0.4, 0.5) is 0 Å². The monoisotopic (exact) mass is 373 g/mol. The number of fused-ring (bicyclic) bond motifs is 1. The van der Waals surface area contributed by atoms with Crippen LogP contribution in [0.5, 0.6) is 0 Å². The van der Waals surface area contributed by atoms with Crippen molar-refractivity contribution in [2.45, 2.75) is 12.5 Å². The van der Waals surface area contributed by atoms with Crippen LogP contribution in [-0.4, -0.2) is 47.7 Å². The van der Waals surface area contributed by atoms with E-state index in [-0.39, 0.29) is 0 Å². The second-order valence-corrected chi connectivity index (χ2v) is 6.81. The van der Waals surface area contributed by atoms with Gasteiger partial charge < -0.3 is 14.6 Å². The molecule has 2 aromatic rings. The first-order valence-electron chi connectivity index (χ1n) is 6.09. The molecule has 0 amide bonds. The second kappa shape index (κ2) is 5.13. The molecule has 0 unspecified atom stereocenters. The van der Waals surface area contributed by atoms with E-state index in [9.17, 15) is 9.90 Å². The van der Waals surface area contributed by atoms with Gasteiger partial charge in [-0.3, -0.25) is 0 Å². The van der Waals surface area contributed by atoms with Crippen LogP contribution in [0.2, 0.25) is 0 Å². The number of aliphatic carboxylic acids is 1. The Kier molecular flexibility index (Phi) is 3.87. The molecule has 0 aliphatic heterocycles. The van der Waals surface area contributed by atoms with Crippen molar-refractivity contribution in [3.05, 3.63) is 33.5 Å². The van der Waals surface area contributed by atoms with Crippen molar-refractivity contribution in [1.82, 2.24) is 4.98 Å². The minimum Gasteiger partial charge on any atom is -0.477 e. The molecule has 0 fully saturated rings. The highest BCUT2D eigenvalue weighted by Crippen LogP contribution is 2.25. The summed E-state index contributed by atoms with van der Waals surface area (Å²) in [5.41, 5.74) is 2.15. The Labute approximate surface area is 126 Å². The van der Waals surface area contributed by atoms with Gasteiger partial charge >= 0.3 is 5.97 Å². The Bertz CT molecular complexity index is 613. The molecule has 4 nitrogen and oxygen atoms in total. The maximum Gasteiger partial charge on any atom is 0.362 e. The number of hydrogen-bond donors (Lipinski definition) is 2. The van der Waals surface area contributed by atoms with Crippen molar-refractivity contribution in [2.24, 2.45) is 0 Å². The topological polar surface area (TPSA) is 53.1 Å². The fourth-order valence-electron chi connectivity index (χ4n) is 2.25. The number of carboxylic acid groups (broad SMARTS) is 1. The number of hydrogen-bond acceptors (Lipinski definition) is 1. The number of likely N-dealkylation sites (N-methyl/N-ethyl adjacent to an activating group) is 1. The molecule has 102 valence electrons. The van der Waals surface area contributed by atoms with Crippen LogP contribution in [-0.2, 0) is 11.2 Å². The highest BCUT2D eigenvalue weighted by Gasteiger charge is 2.32. The number of aromatic amines is 1. The minimum atomic E-state index is -0.757. The molecule has 2 rings (SSSR count). The first-order valence-corrected chi connectivity index (χ1v) is 7.17. The zero-order chi connectivity index (χ0) is 14.2. The van der Waals surface area contributed by atoms with E-state index >= 15 is 0 Å². The van der Waals surface area contributed by atoms with Gasteiger partial charge in [-0.05, 0) is 34.2 Å². The van der Waals surface area contributed by atoms with E-state index in [1.165, 1.54) is 0 Å². The van der Waals surface area contributed by atoms with Gasteiger partial charge in [0.1, 0.15) is 0 Å². The summed E-state index contributed by atoms with van der Waals surface area (Å²) < 4.78 is 1.56. The number of aromatic nitrogens is 1. The minimum absolute atomic E-state index is 0.409. The number of H-pyrrole nitrogens is 1. The third-order valence-corrected chi connectivity index (χ3v) is 4.28. The van der Waals surface area contributed by atoms with E-state index in [2.05, 4.69) is 27.6 Å². The van der Waals surface area contributed by atoms with Crippen molar-refractivity contribution in [2.75, 3.05) is 21.1 Å². The summed E-state index contributed by atoms with van der Waals surface area (Å²) in [4.78, 5) is 14.7. The lowest BCUT2D eigenvalue weighted by atomic mass is 10.0. The lowest BCUT2D eigenvalue weighted by Crippen LogP contribution is -2.51. The second-order valence-electron chi connectivity index (χ2n) is 5.65. The van der Waals surface area contributed by atoms with Gasteiger partial charge in [0.25, 0.3) is 0 Å². The molecule has 0 bridgehead atoms. The number of nitrogens with zero attached hydrogens (tertiary/aromatic N) is 1. The number of rotatable bonds is 4. The third kappa shape index (κ3) is 2.92. The van der Waals surface area contributed by atoms with Crippen LogP contribution in [0.1, 0.15) is 5.56 Å². The van der Waals surface area contributed by atoms with E-state index < -0.39 is 12.0 Å². The summed E-state index contributed by atoms with van der Waals surface area (Å²) >= 11 is 2.28. The van der Waals surface area contributed by atoms with Gasteiger partial charge in [-0.2, -0.15) is 0 Å². The largest absolute Gasteiger partial charge is 0.477 e. The van der Waals surface area contributed by atoms with Crippen LogP contribution < -0.4 is 0 Å².